The summed E-state index contributed by atoms with van der Waals surface area (Å²) < 4.78 is 5.39. The Hall–Kier alpha value is -0.120. The second-order valence-corrected chi connectivity index (χ2v) is 4.16. The van der Waals surface area contributed by atoms with Crippen LogP contribution >= 0.6 is 0 Å². The molecule has 0 spiro atoms. The van der Waals surface area contributed by atoms with Gasteiger partial charge >= 0.3 is 0 Å². The van der Waals surface area contributed by atoms with Crippen molar-refractivity contribution in [3.63, 3.8) is 0 Å². The molecule has 80 valence electrons. The average molecular weight is 190 g/mol. The zero-order valence-electron chi connectivity index (χ0n) is 8.75. The molecule has 0 saturated heterocycles. The van der Waals surface area contributed by atoms with Crippen LogP contribution in [0.1, 0.15) is 33.1 Å². The maximum atomic E-state index is 8.92. The summed E-state index contributed by atoms with van der Waals surface area (Å²) in [5, 5.41) is 17.4. The first kappa shape index (κ1) is 12.9. The van der Waals surface area contributed by atoms with E-state index >= 15 is 0 Å². The third-order valence-electron chi connectivity index (χ3n) is 1.87. The molecule has 0 aromatic carbocycles. The van der Waals surface area contributed by atoms with Gasteiger partial charge < -0.3 is 14.9 Å². The predicted octanol–water partition coefficient (Wildman–Crippen LogP) is 1.18. The number of unbranched alkanes of at least 4 members (excludes halogenated alkanes) is 2. The van der Waals surface area contributed by atoms with Gasteiger partial charge in [-0.2, -0.15) is 0 Å². The van der Waals surface area contributed by atoms with Gasteiger partial charge in [0.2, 0.25) is 0 Å². The summed E-state index contributed by atoms with van der Waals surface area (Å²) in [6.07, 6.45) is 2.85. The molecule has 0 radical (unpaired) electrons. The van der Waals surface area contributed by atoms with E-state index in [-0.39, 0.29) is 18.6 Å². The third kappa shape index (κ3) is 8.22. The topological polar surface area (TPSA) is 49.7 Å². The van der Waals surface area contributed by atoms with Gasteiger partial charge in [-0.05, 0) is 19.3 Å². The lowest BCUT2D eigenvalue weighted by molar-refractivity contribution is 0.0263. The fourth-order valence-electron chi connectivity index (χ4n) is 0.887. The predicted molar refractivity (Wildman–Crippen MR) is 52.6 cm³/mol. The quantitative estimate of drug-likeness (QED) is 0.565. The van der Waals surface area contributed by atoms with Crippen molar-refractivity contribution in [1.82, 2.24) is 0 Å². The highest BCUT2D eigenvalue weighted by Crippen LogP contribution is 2.13. The molecule has 0 aromatic heterocycles. The molecule has 13 heavy (non-hydrogen) atoms. The Balaban J connectivity index is 3.16. The number of aliphatic hydroxyl groups excluding tert-OH is 2. The summed E-state index contributed by atoms with van der Waals surface area (Å²) in [6.45, 7) is 5.69. The SMILES string of the molecule is CC(C)(CO)COCCCCCO. The molecule has 0 rings (SSSR count). The van der Waals surface area contributed by atoms with Crippen molar-refractivity contribution >= 4 is 0 Å². The number of ether oxygens (including phenoxy) is 1. The maximum absolute atomic E-state index is 8.92. The van der Waals surface area contributed by atoms with Crippen LogP contribution in [0.4, 0.5) is 0 Å². The van der Waals surface area contributed by atoms with Crippen LogP contribution in [0, 0.1) is 5.41 Å². The molecule has 0 heterocycles. The number of aliphatic hydroxyl groups is 2. The Bertz CT molecular complexity index is 113. The van der Waals surface area contributed by atoms with E-state index in [0.29, 0.717) is 6.61 Å². The van der Waals surface area contributed by atoms with E-state index in [4.69, 9.17) is 14.9 Å². The molecule has 0 bridgehead atoms. The van der Waals surface area contributed by atoms with Crippen molar-refractivity contribution in [2.45, 2.75) is 33.1 Å². The third-order valence-corrected chi connectivity index (χ3v) is 1.87. The van der Waals surface area contributed by atoms with Crippen LogP contribution in [-0.4, -0.2) is 36.6 Å². The summed E-state index contributed by atoms with van der Waals surface area (Å²) >= 11 is 0. The van der Waals surface area contributed by atoms with Gasteiger partial charge in [-0.3, -0.25) is 0 Å². The van der Waals surface area contributed by atoms with Crippen molar-refractivity contribution < 1.29 is 14.9 Å². The van der Waals surface area contributed by atoms with Crippen LogP contribution in [0.2, 0.25) is 0 Å². The molecular formula is C10H22O3. The van der Waals surface area contributed by atoms with E-state index in [0.717, 1.165) is 25.9 Å². The minimum absolute atomic E-state index is 0.128. The van der Waals surface area contributed by atoms with E-state index in [2.05, 4.69) is 0 Å². The largest absolute Gasteiger partial charge is 0.396 e. The van der Waals surface area contributed by atoms with Crippen LogP contribution in [-0.2, 0) is 4.74 Å². The maximum Gasteiger partial charge on any atom is 0.0539 e. The van der Waals surface area contributed by atoms with Crippen LogP contribution in [0.25, 0.3) is 0 Å². The fourth-order valence-corrected chi connectivity index (χ4v) is 0.887. The summed E-state index contributed by atoms with van der Waals surface area (Å²) in [5.74, 6) is 0. The lowest BCUT2D eigenvalue weighted by Crippen LogP contribution is -2.23. The zero-order chi connectivity index (χ0) is 10.2. The normalized spacial score (nSPS) is 12.0. The molecule has 0 fully saturated rings. The molecular weight excluding hydrogens is 168 g/mol. The summed E-state index contributed by atoms with van der Waals surface area (Å²) in [5.41, 5.74) is -0.128. The van der Waals surface area contributed by atoms with E-state index < -0.39 is 0 Å². The molecule has 0 saturated carbocycles. The molecule has 2 N–H and O–H groups in total. The van der Waals surface area contributed by atoms with Gasteiger partial charge in [-0.25, -0.2) is 0 Å². The monoisotopic (exact) mass is 190 g/mol. The highest BCUT2D eigenvalue weighted by Gasteiger charge is 2.15. The summed E-state index contributed by atoms with van der Waals surface area (Å²) in [6, 6.07) is 0. The van der Waals surface area contributed by atoms with E-state index in [9.17, 15) is 0 Å². The Morgan fingerprint density at radius 3 is 2.31 bits per heavy atom. The molecule has 0 unspecified atom stereocenters. The first-order valence-electron chi connectivity index (χ1n) is 4.92. The minimum Gasteiger partial charge on any atom is -0.396 e. The first-order valence-corrected chi connectivity index (χ1v) is 4.92. The summed E-state index contributed by atoms with van der Waals surface area (Å²) in [4.78, 5) is 0. The van der Waals surface area contributed by atoms with Crippen molar-refractivity contribution in [3.05, 3.63) is 0 Å². The molecule has 0 aromatic rings. The number of hydrogen-bond donors (Lipinski definition) is 2. The Morgan fingerprint density at radius 2 is 1.77 bits per heavy atom. The van der Waals surface area contributed by atoms with Gasteiger partial charge in [0.15, 0.2) is 0 Å². The zero-order valence-corrected chi connectivity index (χ0v) is 8.75. The van der Waals surface area contributed by atoms with E-state index in [1.807, 2.05) is 13.8 Å². The molecule has 3 heteroatoms. The van der Waals surface area contributed by atoms with Crippen LogP contribution in [0.15, 0.2) is 0 Å². The number of hydrogen-bond acceptors (Lipinski definition) is 3. The average Bonchev–Trinajstić information content (AvgIpc) is 2.11. The van der Waals surface area contributed by atoms with Gasteiger partial charge in [0, 0.05) is 18.6 Å². The highest BCUT2D eigenvalue weighted by molar-refractivity contribution is 4.65. The smallest absolute Gasteiger partial charge is 0.0539 e. The Morgan fingerprint density at radius 1 is 1.08 bits per heavy atom. The first-order chi connectivity index (χ1) is 6.12. The summed E-state index contributed by atoms with van der Waals surface area (Å²) in [7, 11) is 0. The van der Waals surface area contributed by atoms with Gasteiger partial charge in [0.25, 0.3) is 0 Å². The molecule has 3 nitrogen and oxygen atoms in total. The molecule has 0 aliphatic rings. The van der Waals surface area contributed by atoms with E-state index in [1.165, 1.54) is 0 Å². The van der Waals surface area contributed by atoms with Gasteiger partial charge in [0.1, 0.15) is 0 Å². The van der Waals surface area contributed by atoms with Crippen LogP contribution < -0.4 is 0 Å². The van der Waals surface area contributed by atoms with Gasteiger partial charge in [-0.1, -0.05) is 13.8 Å². The van der Waals surface area contributed by atoms with Gasteiger partial charge in [-0.15, -0.1) is 0 Å². The van der Waals surface area contributed by atoms with Crippen molar-refractivity contribution in [2.24, 2.45) is 5.41 Å². The molecule has 0 aliphatic carbocycles. The molecule has 0 amide bonds. The second kappa shape index (κ2) is 7.30. The number of rotatable bonds is 8. The van der Waals surface area contributed by atoms with Crippen molar-refractivity contribution in [2.75, 3.05) is 26.4 Å². The molecule has 0 atom stereocenters. The Labute approximate surface area is 80.7 Å². The fraction of sp³-hybridized carbons (Fsp3) is 1.00. The van der Waals surface area contributed by atoms with Crippen molar-refractivity contribution in [1.29, 1.82) is 0 Å². The van der Waals surface area contributed by atoms with E-state index in [1.54, 1.807) is 0 Å². The second-order valence-electron chi connectivity index (χ2n) is 4.16. The minimum atomic E-state index is -0.128. The highest BCUT2D eigenvalue weighted by atomic mass is 16.5. The van der Waals surface area contributed by atoms with Gasteiger partial charge in [0.05, 0.1) is 13.2 Å². The van der Waals surface area contributed by atoms with Crippen LogP contribution in [0.5, 0.6) is 0 Å². The lowest BCUT2D eigenvalue weighted by Gasteiger charge is -2.21. The van der Waals surface area contributed by atoms with Crippen LogP contribution in [0.3, 0.4) is 0 Å². The Kier molecular flexibility index (Phi) is 7.23. The molecule has 0 aliphatic heterocycles. The standard InChI is InChI=1S/C10H22O3/c1-10(2,8-12)9-13-7-5-3-4-6-11/h11-12H,3-9H2,1-2H3. The van der Waals surface area contributed by atoms with Crippen molar-refractivity contribution in [3.8, 4) is 0 Å². The lowest BCUT2D eigenvalue weighted by atomic mass is 9.97.